The molecule has 5 nitrogen and oxygen atoms in total. The zero-order valence-corrected chi connectivity index (χ0v) is 11.5. The van der Waals surface area contributed by atoms with Crippen LogP contribution in [0.2, 0.25) is 0 Å². The first-order chi connectivity index (χ1) is 9.26. The van der Waals surface area contributed by atoms with Gasteiger partial charge in [-0.2, -0.15) is 0 Å². The smallest absolute Gasteiger partial charge is 0.229 e. The van der Waals surface area contributed by atoms with Gasteiger partial charge in [-0.05, 0) is 31.7 Å². The number of ether oxygens (including phenoxy) is 1. The summed E-state index contributed by atoms with van der Waals surface area (Å²) < 4.78 is 5.41. The van der Waals surface area contributed by atoms with Gasteiger partial charge in [0.05, 0.1) is 19.1 Å². The van der Waals surface area contributed by atoms with Crippen molar-refractivity contribution in [1.29, 1.82) is 0 Å². The molecule has 1 amide bonds. The number of aromatic nitrogens is 1. The van der Waals surface area contributed by atoms with Gasteiger partial charge in [-0.1, -0.05) is 0 Å². The third kappa shape index (κ3) is 3.30. The number of nitrogens with one attached hydrogen (secondary N) is 1. The van der Waals surface area contributed by atoms with Crippen molar-refractivity contribution in [3.63, 3.8) is 0 Å². The molecule has 2 unspecified atom stereocenters. The summed E-state index contributed by atoms with van der Waals surface area (Å²) in [7, 11) is 1.87. The second-order valence-corrected chi connectivity index (χ2v) is 4.75. The first kappa shape index (κ1) is 14.0. The molecule has 0 aliphatic carbocycles. The maximum absolute atomic E-state index is 12.5. The standard InChI is InChI=1S/C14H21N3O2/c1-3-17(8-11-4-6-16-7-5-11)14(18)12-9-19-10-13(12)15-2/h4-7,12-13,15H,3,8-10H2,1-2H3. The van der Waals surface area contributed by atoms with E-state index in [2.05, 4.69) is 10.3 Å². The van der Waals surface area contributed by atoms with E-state index in [9.17, 15) is 4.79 Å². The molecule has 1 aromatic rings. The van der Waals surface area contributed by atoms with Crippen LogP contribution in [0.3, 0.4) is 0 Å². The molecule has 1 fully saturated rings. The Bertz CT molecular complexity index is 410. The Hall–Kier alpha value is -1.46. The van der Waals surface area contributed by atoms with E-state index < -0.39 is 0 Å². The number of carbonyl (C=O) groups is 1. The molecule has 1 saturated heterocycles. The molecule has 1 N–H and O–H groups in total. The molecule has 0 saturated carbocycles. The van der Waals surface area contributed by atoms with Crippen LogP contribution in [0.15, 0.2) is 24.5 Å². The molecule has 0 aromatic carbocycles. The molecular formula is C14H21N3O2. The second-order valence-electron chi connectivity index (χ2n) is 4.75. The highest BCUT2D eigenvalue weighted by molar-refractivity contribution is 5.80. The monoisotopic (exact) mass is 263 g/mol. The number of hydrogen-bond acceptors (Lipinski definition) is 4. The van der Waals surface area contributed by atoms with Crippen LogP contribution in [0, 0.1) is 5.92 Å². The van der Waals surface area contributed by atoms with E-state index in [1.807, 2.05) is 31.0 Å². The Morgan fingerprint density at radius 2 is 2.21 bits per heavy atom. The van der Waals surface area contributed by atoms with Crippen LogP contribution in [0.4, 0.5) is 0 Å². The van der Waals surface area contributed by atoms with E-state index in [1.54, 1.807) is 12.4 Å². The van der Waals surface area contributed by atoms with Crippen molar-refractivity contribution in [2.24, 2.45) is 5.92 Å². The van der Waals surface area contributed by atoms with Gasteiger partial charge >= 0.3 is 0 Å². The van der Waals surface area contributed by atoms with E-state index in [4.69, 9.17) is 4.74 Å². The average Bonchev–Trinajstić information content (AvgIpc) is 2.93. The lowest BCUT2D eigenvalue weighted by molar-refractivity contribution is -0.136. The Labute approximate surface area is 114 Å². The summed E-state index contributed by atoms with van der Waals surface area (Å²) in [5, 5.41) is 3.16. The number of carbonyl (C=O) groups excluding carboxylic acids is 1. The van der Waals surface area contributed by atoms with Crippen LogP contribution >= 0.6 is 0 Å². The second kappa shape index (κ2) is 6.63. The van der Waals surface area contributed by atoms with Gasteiger partial charge in [0.15, 0.2) is 0 Å². The summed E-state index contributed by atoms with van der Waals surface area (Å²) in [6, 6.07) is 4.01. The Kier molecular flexibility index (Phi) is 4.87. The predicted octanol–water partition coefficient (Wildman–Crippen LogP) is 0.664. The van der Waals surface area contributed by atoms with Crippen molar-refractivity contribution in [3.05, 3.63) is 30.1 Å². The van der Waals surface area contributed by atoms with E-state index in [0.717, 1.165) is 5.56 Å². The van der Waals surface area contributed by atoms with Crippen molar-refractivity contribution in [3.8, 4) is 0 Å². The summed E-state index contributed by atoms with van der Waals surface area (Å²) in [6.07, 6.45) is 3.51. The highest BCUT2D eigenvalue weighted by Crippen LogP contribution is 2.17. The molecule has 0 radical (unpaired) electrons. The van der Waals surface area contributed by atoms with Gasteiger partial charge in [0.25, 0.3) is 0 Å². The van der Waals surface area contributed by atoms with Gasteiger partial charge in [0, 0.05) is 31.5 Å². The Morgan fingerprint density at radius 3 is 2.84 bits per heavy atom. The van der Waals surface area contributed by atoms with Gasteiger partial charge in [-0.15, -0.1) is 0 Å². The molecule has 1 aromatic heterocycles. The summed E-state index contributed by atoms with van der Waals surface area (Å²) in [5.41, 5.74) is 1.10. The zero-order chi connectivity index (χ0) is 13.7. The molecule has 5 heteroatoms. The number of nitrogens with zero attached hydrogens (tertiary/aromatic N) is 2. The van der Waals surface area contributed by atoms with Crippen LogP contribution in [0.5, 0.6) is 0 Å². The number of pyridine rings is 1. The van der Waals surface area contributed by atoms with E-state index in [-0.39, 0.29) is 17.9 Å². The van der Waals surface area contributed by atoms with Gasteiger partial charge in [0.1, 0.15) is 0 Å². The highest BCUT2D eigenvalue weighted by Gasteiger charge is 2.35. The lowest BCUT2D eigenvalue weighted by Crippen LogP contribution is -2.44. The number of likely N-dealkylation sites (N-methyl/N-ethyl adjacent to an activating group) is 1. The maximum Gasteiger partial charge on any atom is 0.229 e. The zero-order valence-electron chi connectivity index (χ0n) is 11.5. The van der Waals surface area contributed by atoms with Gasteiger partial charge in [-0.3, -0.25) is 9.78 Å². The van der Waals surface area contributed by atoms with Crippen molar-refractivity contribution in [2.75, 3.05) is 26.8 Å². The summed E-state index contributed by atoms with van der Waals surface area (Å²) in [4.78, 5) is 18.4. The normalized spacial score (nSPS) is 22.4. The molecule has 2 heterocycles. The summed E-state index contributed by atoms with van der Waals surface area (Å²) >= 11 is 0. The first-order valence-corrected chi connectivity index (χ1v) is 6.69. The van der Waals surface area contributed by atoms with Crippen molar-refractivity contribution in [1.82, 2.24) is 15.2 Å². The third-order valence-corrected chi connectivity index (χ3v) is 3.58. The first-order valence-electron chi connectivity index (χ1n) is 6.69. The van der Waals surface area contributed by atoms with Gasteiger partial charge in [0.2, 0.25) is 5.91 Å². The molecule has 0 spiro atoms. The van der Waals surface area contributed by atoms with Gasteiger partial charge < -0.3 is 15.0 Å². The Balaban J connectivity index is 2.03. The van der Waals surface area contributed by atoms with E-state index in [1.165, 1.54) is 0 Å². The molecule has 2 rings (SSSR count). The molecule has 1 aliphatic heterocycles. The van der Waals surface area contributed by atoms with Gasteiger partial charge in [-0.25, -0.2) is 0 Å². The summed E-state index contributed by atoms with van der Waals surface area (Å²) in [6.45, 7) is 4.46. The van der Waals surface area contributed by atoms with Crippen molar-refractivity contribution < 1.29 is 9.53 Å². The van der Waals surface area contributed by atoms with Crippen molar-refractivity contribution >= 4 is 5.91 Å². The molecule has 104 valence electrons. The third-order valence-electron chi connectivity index (χ3n) is 3.58. The summed E-state index contributed by atoms with van der Waals surface area (Å²) in [5.74, 6) is 0.0861. The lowest BCUT2D eigenvalue weighted by Gasteiger charge is -2.26. The minimum absolute atomic E-state index is 0.0770. The predicted molar refractivity (Wildman–Crippen MR) is 72.5 cm³/mol. The Morgan fingerprint density at radius 1 is 1.47 bits per heavy atom. The topological polar surface area (TPSA) is 54.5 Å². The van der Waals surface area contributed by atoms with Crippen LogP contribution in [0.1, 0.15) is 12.5 Å². The van der Waals surface area contributed by atoms with E-state index in [0.29, 0.717) is 26.3 Å². The average molecular weight is 263 g/mol. The maximum atomic E-state index is 12.5. The quantitative estimate of drug-likeness (QED) is 0.848. The fourth-order valence-electron chi connectivity index (χ4n) is 2.37. The number of hydrogen-bond donors (Lipinski definition) is 1. The number of amides is 1. The molecular weight excluding hydrogens is 242 g/mol. The molecule has 1 aliphatic rings. The SMILES string of the molecule is CCN(Cc1ccncc1)C(=O)C1COCC1NC. The molecule has 19 heavy (non-hydrogen) atoms. The fraction of sp³-hybridized carbons (Fsp3) is 0.571. The van der Waals surface area contributed by atoms with Crippen molar-refractivity contribution in [2.45, 2.75) is 19.5 Å². The largest absolute Gasteiger partial charge is 0.379 e. The van der Waals surface area contributed by atoms with Crippen LogP contribution in [-0.4, -0.2) is 48.6 Å². The van der Waals surface area contributed by atoms with E-state index >= 15 is 0 Å². The van der Waals surface area contributed by atoms with Crippen LogP contribution in [-0.2, 0) is 16.1 Å². The minimum Gasteiger partial charge on any atom is -0.379 e. The lowest BCUT2D eigenvalue weighted by atomic mass is 10.0. The highest BCUT2D eigenvalue weighted by atomic mass is 16.5. The molecule has 0 bridgehead atoms. The van der Waals surface area contributed by atoms with Crippen LogP contribution < -0.4 is 5.32 Å². The number of rotatable bonds is 5. The van der Waals surface area contributed by atoms with Crippen LogP contribution in [0.25, 0.3) is 0 Å². The minimum atomic E-state index is -0.0770. The fourth-order valence-corrected chi connectivity index (χ4v) is 2.37. The molecule has 2 atom stereocenters.